The van der Waals surface area contributed by atoms with Crippen LogP contribution in [0.1, 0.15) is 12.6 Å². The summed E-state index contributed by atoms with van der Waals surface area (Å²) in [6.07, 6.45) is 1.44. The van der Waals surface area contributed by atoms with Gasteiger partial charge in [-0.05, 0) is 22.6 Å². The van der Waals surface area contributed by atoms with Gasteiger partial charge in [-0.25, -0.2) is 9.78 Å². The standard InChI is InChI=1S/C9H11IN2O4/c10-5-2-11-9(15)12(3-5)8-1-6(14)7(4-13)16-8/h2-3,6-8,13-14H,1,4H2/t6-,7+,8+/m0/s1. The van der Waals surface area contributed by atoms with Gasteiger partial charge in [0.05, 0.1) is 12.7 Å². The monoisotopic (exact) mass is 338 g/mol. The van der Waals surface area contributed by atoms with E-state index in [9.17, 15) is 9.90 Å². The molecule has 6 nitrogen and oxygen atoms in total. The normalized spacial score (nSPS) is 29.6. The summed E-state index contributed by atoms with van der Waals surface area (Å²) in [6, 6.07) is 0. The van der Waals surface area contributed by atoms with E-state index in [4.69, 9.17) is 9.84 Å². The minimum absolute atomic E-state index is 0.260. The van der Waals surface area contributed by atoms with Crippen LogP contribution >= 0.6 is 22.6 Å². The van der Waals surface area contributed by atoms with Crippen LogP contribution in [-0.4, -0.2) is 38.6 Å². The summed E-state index contributed by atoms with van der Waals surface area (Å²) in [7, 11) is 0. The van der Waals surface area contributed by atoms with Crippen LogP contribution in [0.25, 0.3) is 0 Å². The lowest BCUT2D eigenvalue weighted by Gasteiger charge is -2.14. The Morgan fingerprint density at radius 3 is 3.06 bits per heavy atom. The van der Waals surface area contributed by atoms with Crippen molar-refractivity contribution in [2.45, 2.75) is 24.9 Å². The Balaban J connectivity index is 2.26. The largest absolute Gasteiger partial charge is 0.394 e. The SMILES string of the molecule is O=c1ncc(I)cn1[C@H]1C[C@H](O)[C@@H](CO)O1. The molecule has 2 rings (SSSR count). The van der Waals surface area contributed by atoms with E-state index in [2.05, 4.69) is 4.98 Å². The molecule has 0 aromatic carbocycles. The van der Waals surface area contributed by atoms with Crippen molar-refractivity contribution in [3.63, 3.8) is 0 Å². The second-order valence-corrected chi connectivity index (χ2v) is 4.82. The Morgan fingerprint density at radius 2 is 2.44 bits per heavy atom. The van der Waals surface area contributed by atoms with Crippen molar-refractivity contribution in [1.29, 1.82) is 0 Å². The summed E-state index contributed by atoms with van der Waals surface area (Å²) >= 11 is 2.04. The third-order valence-corrected chi connectivity index (χ3v) is 3.03. The van der Waals surface area contributed by atoms with Gasteiger partial charge in [-0.1, -0.05) is 0 Å². The zero-order chi connectivity index (χ0) is 11.7. The van der Waals surface area contributed by atoms with E-state index in [1.807, 2.05) is 22.6 Å². The molecule has 0 aliphatic carbocycles. The molecular weight excluding hydrogens is 327 g/mol. The van der Waals surface area contributed by atoms with Crippen molar-refractivity contribution in [1.82, 2.24) is 9.55 Å². The molecule has 0 unspecified atom stereocenters. The fourth-order valence-corrected chi connectivity index (χ4v) is 2.10. The van der Waals surface area contributed by atoms with Gasteiger partial charge in [0.1, 0.15) is 12.3 Å². The van der Waals surface area contributed by atoms with Crippen LogP contribution in [0.2, 0.25) is 0 Å². The molecule has 88 valence electrons. The van der Waals surface area contributed by atoms with Gasteiger partial charge in [-0.3, -0.25) is 4.57 Å². The van der Waals surface area contributed by atoms with Gasteiger partial charge in [0.15, 0.2) is 0 Å². The lowest BCUT2D eigenvalue weighted by molar-refractivity contribution is -0.0459. The fourth-order valence-electron chi connectivity index (χ4n) is 1.66. The van der Waals surface area contributed by atoms with Crippen molar-refractivity contribution in [2.24, 2.45) is 0 Å². The van der Waals surface area contributed by atoms with Crippen LogP contribution in [0.3, 0.4) is 0 Å². The first-order valence-electron chi connectivity index (χ1n) is 4.80. The van der Waals surface area contributed by atoms with E-state index in [-0.39, 0.29) is 13.0 Å². The smallest absolute Gasteiger partial charge is 0.349 e. The van der Waals surface area contributed by atoms with Crippen LogP contribution in [-0.2, 0) is 4.74 Å². The molecule has 2 heterocycles. The molecule has 0 amide bonds. The Bertz CT molecular complexity index is 436. The maximum Gasteiger partial charge on any atom is 0.349 e. The molecule has 7 heteroatoms. The molecule has 1 saturated heterocycles. The topological polar surface area (TPSA) is 84.6 Å². The summed E-state index contributed by atoms with van der Waals surface area (Å²) in [5.41, 5.74) is -0.420. The highest BCUT2D eigenvalue weighted by atomic mass is 127. The highest BCUT2D eigenvalue weighted by Crippen LogP contribution is 2.27. The van der Waals surface area contributed by atoms with E-state index < -0.39 is 24.1 Å². The number of hydrogen-bond donors (Lipinski definition) is 2. The van der Waals surface area contributed by atoms with E-state index in [0.717, 1.165) is 3.57 Å². The molecule has 16 heavy (non-hydrogen) atoms. The molecule has 0 spiro atoms. The van der Waals surface area contributed by atoms with Crippen molar-refractivity contribution in [3.05, 3.63) is 26.4 Å². The van der Waals surface area contributed by atoms with Gasteiger partial charge in [0, 0.05) is 22.4 Å². The molecular formula is C9H11IN2O4. The molecule has 0 radical (unpaired) electrons. The van der Waals surface area contributed by atoms with Gasteiger partial charge < -0.3 is 14.9 Å². The van der Waals surface area contributed by atoms with Gasteiger partial charge in [-0.15, -0.1) is 0 Å². The number of aromatic nitrogens is 2. The second kappa shape index (κ2) is 4.78. The summed E-state index contributed by atoms with van der Waals surface area (Å²) in [4.78, 5) is 15.2. The summed E-state index contributed by atoms with van der Waals surface area (Å²) in [5.74, 6) is 0. The summed E-state index contributed by atoms with van der Waals surface area (Å²) in [5, 5.41) is 18.5. The van der Waals surface area contributed by atoms with Crippen LogP contribution in [0, 0.1) is 3.57 Å². The van der Waals surface area contributed by atoms with Gasteiger partial charge in [-0.2, -0.15) is 0 Å². The Morgan fingerprint density at radius 1 is 1.69 bits per heavy atom. The fraction of sp³-hybridized carbons (Fsp3) is 0.556. The van der Waals surface area contributed by atoms with Crippen LogP contribution in [0.15, 0.2) is 17.2 Å². The Hall–Kier alpha value is -0.510. The first kappa shape index (κ1) is 12.0. The minimum atomic E-state index is -0.750. The van der Waals surface area contributed by atoms with Crippen LogP contribution in [0.5, 0.6) is 0 Å². The van der Waals surface area contributed by atoms with Crippen LogP contribution < -0.4 is 5.69 Å². The number of aliphatic hydroxyl groups is 2. The van der Waals surface area contributed by atoms with Gasteiger partial charge in [0.2, 0.25) is 0 Å². The second-order valence-electron chi connectivity index (χ2n) is 3.58. The predicted molar refractivity (Wildman–Crippen MR) is 62.8 cm³/mol. The number of hydrogen-bond acceptors (Lipinski definition) is 5. The molecule has 0 saturated carbocycles. The highest BCUT2D eigenvalue weighted by Gasteiger charge is 2.34. The number of nitrogens with zero attached hydrogens (tertiary/aromatic N) is 2. The highest BCUT2D eigenvalue weighted by molar-refractivity contribution is 14.1. The molecule has 2 N–H and O–H groups in total. The van der Waals surface area contributed by atoms with Crippen molar-refractivity contribution < 1.29 is 14.9 Å². The van der Waals surface area contributed by atoms with Gasteiger partial charge >= 0.3 is 5.69 Å². The molecule has 1 aliphatic heterocycles. The maximum atomic E-state index is 11.5. The molecule has 1 aromatic rings. The number of ether oxygens (including phenoxy) is 1. The average Bonchev–Trinajstić information content (AvgIpc) is 2.63. The molecule has 1 aromatic heterocycles. The first-order valence-corrected chi connectivity index (χ1v) is 5.87. The summed E-state index contributed by atoms with van der Waals surface area (Å²) < 4.78 is 7.51. The quantitative estimate of drug-likeness (QED) is 0.710. The maximum absolute atomic E-state index is 11.5. The molecule has 1 aliphatic rings. The molecule has 0 bridgehead atoms. The number of halogens is 1. The number of rotatable bonds is 2. The van der Waals surface area contributed by atoms with Gasteiger partial charge in [0.25, 0.3) is 0 Å². The Labute approximate surface area is 105 Å². The third kappa shape index (κ3) is 2.26. The van der Waals surface area contributed by atoms with Crippen LogP contribution in [0.4, 0.5) is 0 Å². The van der Waals surface area contributed by atoms with E-state index in [1.54, 1.807) is 6.20 Å². The van der Waals surface area contributed by atoms with Crippen molar-refractivity contribution >= 4 is 22.6 Å². The minimum Gasteiger partial charge on any atom is -0.394 e. The summed E-state index contributed by atoms with van der Waals surface area (Å²) in [6.45, 7) is -0.260. The third-order valence-electron chi connectivity index (χ3n) is 2.48. The first-order chi connectivity index (χ1) is 7.61. The molecule has 3 atom stereocenters. The van der Waals surface area contributed by atoms with E-state index >= 15 is 0 Å². The van der Waals surface area contributed by atoms with E-state index in [1.165, 1.54) is 10.8 Å². The Kier molecular flexibility index (Phi) is 3.57. The average molecular weight is 338 g/mol. The van der Waals surface area contributed by atoms with Crippen molar-refractivity contribution in [3.8, 4) is 0 Å². The zero-order valence-corrected chi connectivity index (χ0v) is 10.4. The predicted octanol–water partition coefficient (Wildman–Crippen LogP) is -0.511. The van der Waals surface area contributed by atoms with E-state index in [0.29, 0.717) is 0 Å². The lowest BCUT2D eigenvalue weighted by Crippen LogP contribution is -2.27. The zero-order valence-electron chi connectivity index (χ0n) is 8.28. The number of aliphatic hydroxyl groups excluding tert-OH is 2. The lowest BCUT2D eigenvalue weighted by atomic mass is 10.2. The molecule has 1 fully saturated rings. The van der Waals surface area contributed by atoms with Crippen molar-refractivity contribution in [2.75, 3.05) is 6.61 Å².